The SMILES string of the molecule is CC(C)(CO)N1[Se]C2C=CC=CC2C1=O. The molecule has 1 aliphatic heterocycles. The number of hydrogen-bond acceptors (Lipinski definition) is 2. The van der Waals surface area contributed by atoms with Crippen LogP contribution in [0.3, 0.4) is 0 Å². The van der Waals surface area contributed by atoms with Gasteiger partial charge in [-0.1, -0.05) is 0 Å². The van der Waals surface area contributed by atoms with E-state index in [1.807, 2.05) is 36.0 Å². The van der Waals surface area contributed by atoms with Gasteiger partial charge in [0.25, 0.3) is 0 Å². The molecule has 1 amide bonds. The molecule has 0 bridgehead atoms. The van der Waals surface area contributed by atoms with Gasteiger partial charge in [0, 0.05) is 0 Å². The summed E-state index contributed by atoms with van der Waals surface area (Å²) in [4.78, 5) is 12.4. The van der Waals surface area contributed by atoms with Gasteiger partial charge in [-0.25, -0.2) is 0 Å². The summed E-state index contributed by atoms with van der Waals surface area (Å²) >= 11 is 0.120. The zero-order valence-electron chi connectivity index (χ0n) is 8.88. The Hall–Kier alpha value is -0.571. The molecule has 2 aliphatic rings. The number of nitrogens with zero attached hydrogens (tertiary/aromatic N) is 1. The van der Waals surface area contributed by atoms with Gasteiger partial charge in [-0.3, -0.25) is 0 Å². The number of rotatable bonds is 2. The number of carbonyl (C=O) groups excluding carboxylic acids is 1. The molecule has 4 heteroatoms. The summed E-state index contributed by atoms with van der Waals surface area (Å²) in [7, 11) is 0. The van der Waals surface area contributed by atoms with E-state index >= 15 is 0 Å². The molecule has 1 heterocycles. The summed E-state index contributed by atoms with van der Waals surface area (Å²) in [5.74, 6) is 0.181. The van der Waals surface area contributed by atoms with E-state index in [0.29, 0.717) is 4.82 Å². The van der Waals surface area contributed by atoms with Crippen molar-refractivity contribution >= 4 is 21.1 Å². The molecule has 0 saturated carbocycles. The Morgan fingerprint density at radius 1 is 1.47 bits per heavy atom. The monoisotopic (exact) mass is 273 g/mol. The van der Waals surface area contributed by atoms with Crippen molar-refractivity contribution in [3.8, 4) is 0 Å². The maximum atomic E-state index is 12.1. The fourth-order valence-corrected chi connectivity index (χ4v) is 4.48. The molecule has 0 aromatic carbocycles. The van der Waals surface area contributed by atoms with Crippen LogP contribution in [-0.2, 0) is 4.79 Å². The van der Waals surface area contributed by atoms with Crippen molar-refractivity contribution in [3.05, 3.63) is 24.3 Å². The van der Waals surface area contributed by atoms with Gasteiger partial charge in [-0.05, 0) is 0 Å². The third-order valence-electron chi connectivity index (χ3n) is 2.73. The van der Waals surface area contributed by atoms with Gasteiger partial charge in [-0.15, -0.1) is 0 Å². The number of aliphatic hydroxyl groups is 1. The first-order chi connectivity index (χ1) is 7.06. The van der Waals surface area contributed by atoms with E-state index in [0.717, 1.165) is 0 Å². The number of aliphatic hydroxyl groups excluding tert-OH is 1. The van der Waals surface area contributed by atoms with Gasteiger partial charge >= 0.3 is 95.9 Å². The minimum atomic E-state index is -0.421. The van der Waals surface area contributed by atoms with Gasteiger partial charge in [-0.2, -0.15) is 0 Å². The second-order valence-corrected chi connectivity index (χ2v) is 6.82. The zero-order chi connectivity index (χ0) is 11.1. The molecule has 0 aromatic heterocycles. The third-order valence-corrected chi connectivity index (χ3v) is 6.05. The average molecular weight is 272 g/mol. The molecular weight excluding hydrogens is 257 g/mol. The Labute approximate surface area is 96.2 Å². The first-order valence-electron chi connectivity index (χ1n) is 5.03. The molecule has 0 radical (unpaired) electrons. The standard InChI is InChI=1S/C11H15NO2Se/c1-11(2,7-13)12-10(14)8-5-3-4-6-9(8)15-12/h3-6,8-9,13H,7H2,1-2H3. The van der Waals surface area contributed by atoms with Crippen LogP contribution in [0.25, 0.3) is 0 Å². The van der Waals surface area contributed by atoms with Crippen molar-refractivity contribution in [2.24, 2.45) is 5.92 Å². The Bertz CT molecular complexity index is 335. The second-order valence-electron chi connectivity index (χ2n) is 4.47. The molecule has 2 unspecified atom stereocenters. The summed E-state index contributed by atoms with van der Waals surface area (Å²) in [5, 5.41) is 9.29. The first kappa shape index (κ1) is 10.9. The number of hydrogen-bond donors (Lipinski definition) is 1. The minimum absolute atomic E-state index is 0.0147. The van der Waals surface area contributed by atoms with Crippen LogP contribution in [0.4, 0.5) is 0 Å². The maximum absolute atomic E-state index is 12.1. The van der Waals surface area contributed by atoms with E-state index in [1.54, 1.807) is 0 Å². The first-order valence-corrected chi connectivity index (χ1v) is 6.78. The number of carbonyl (C=O) groups is 1. The van der Waals surface area contributed by atoms with Gasteiger partial charge in [0.1, 0.15) is 0 Å². The molecule has 2 atom stereocenters. The van der Waals surface area contributed by atoms with E-state index in [1.165, 1.54) is 0 Å². The van der Waals surface area contributed by atoms with Crippen molar-refractivity contribution in [3.63, 3.8) is 0 Å². The molecular formula is C11H15NO2Se. The Morgan fingerprint density at radius 3 is 2.73 bits per heavy atom. The Balaban J connectivity index is 2.22. The summed E-state index contributed by atoms with van der Waals surface area (Å²) in [6.45, 7) is 3.85. The number of allylic oxidation sites excluding steroid dienone is 3. The van der Waals surface area contributed by atoms with Crippen LogP contribution in [0.5, 0.6) is 0 Å². The van der Waals surface area contributed by atoms with Gasteiger partial charge in [0.05, 0.1) is 0 Å². The summed E-state index contributed by atoms with van der Waals surface area (Å²) in [6, 6.07) is 0. The topological polar surface area (TPSA) is 40.5 Å². The molecule has 1 saturated heterocycles. The molecule has 15 heavy (non-hydrogen) atoms. The van der Waals surface area contributed by atoms with E-state index in [2.05, 4.69) is 6.08 Å². The fourth-order valence-electron chi connectivity index (χ4n) is 1.72. The summed E-state index contributed by atoms with van der Waals surface area (Å²) in [6.07, 6.45) is 8.02. The van der Waals surface area contributed by atoms with Crippen LogP contribution < -0.4 is 0 Å². The van der Waals surface area contributed by atoms with Crippen LogP contribution >= 0.6 is 0 Å². The fraction of sp³-hybridized carbons (Fsp3) is 0.545. The molecule has 82 valence electrons. The molecule has 1 N–H and O–H groups in total. The van der Waals surface area contributed by atoms with Crippen molar-refractivity contribution in [1.82, 2.24) is 3.92 Å². The van der Waals surface area contributed by atoms with Crippen LogP contribution in [0.15, 0.2) is 24.3 Å². The summed E-state index contributed by atoms with van der Waals surface area (Å²) < 4.78 is 1.86. The van der Waals surface area contributed by atoms with Crippen molar-refractivity contribution < 1.29 is 9.90 Å². The second kappa shape index (κ2) is 3.78. The van der Waals surface area contributed by atoms with Gasteiger partial charge in [0.2, 0.25) is 0 Å². The predicted molar refractivity (Wildman–Crippen MR) is 59.3 cm³/mol. The molecule has 0 aromatic rings. The molecule has 3 nitrogen and oxygen atoms in total. The molecule has 0 spiro atoms. The van der Waals surface area contributed by atoms with E-state index in [-0.39, 0.29) is 33.6 Å². The number of fused-ring (bicyclic) bond motifs is 1. The van der Waals surface area contributed by atoms with E-state index in [9.17, 15) is 9.90 Å². The quantitative estimate of drug-likeness (QED) is 0.754. The summed E-state index contributed by atoms with van der Waals surface area (Å²) in [5.41, 5.74) is -0.421. The van der Waals surface area contributed by atoms with Crippen LogP contribution in [-0.4, -0.2) is 42.3 Å². The molecule has 1 aliphatic carbocycles. The Morgan fingerprint density at radius 2 is 2.13 bits per heavy atom. The van der Waals surface area contributed by atoms with Crippen LogP contribution in [0.2, 0.25) is 4.82 Å². The molecule has 2 rings (SSSR count). The van der Waals surface area contributed by atoms with E-state index < -0.39 is 5.54 Å². The van der Waals surface area contributed by atoms with Crippen molar-refractivity contribution in [2.45, 2.75) is 24.2 Å². The van der Waals surface area contributed by atoms with Crippen LogP contribution in [0.1, 0.15) is 13.8 Å². The van der Waals surface area contributed by atoms with Gasteiger partial charge < -0.3 is 0 Å². The van der Waals surface area contributed by atoms with E-state index in [4.69, 9.17) is 0 Å². The predicted octanol–water partition coefficient (Wildman–Crippen LogP) is 0.749. The normalized spacial score (nSPS) is 29.8. The van der Waals surface area contributed by atoms with Gasteiger partial charge in [0.15, 0.2) is 0 Å². The third kappa shape index (κ3) is 1.78. The van der Waals surface area contributed by atoms with Crippen LogP contribution in [0, 0.1) is 5.92 Å². The van der Waals surface area contributed by atoms with Crippen molar-refractivity contribution in [1.29, 1.82) is 0 Å². The molecule has 1 fully saturated rings. The average Bonchev–Trinajstić information content (AvgIpc) is 2.58. The van der Waals surface area contributed by atoms with Crippen molar-refractivity contribution in [2.75, 3.05) is 6.61 Å². The Kier molecular flexibility index (Phi) is 2.75. The number of amides is 1. The zero-order valence-corrected chi connectivity index (χ0v) is 10.6.